The molecule has 7 atom stereocenters. The van der Waals surface area contributed by atoms with E-state index in [0.717, 1.165) is 19.3 Å². The Labute approximate surface area is 278 Å². The number of rotatable bonds is 9. The number of carbonyl (C=O) groups excluding carboxylic acids is 2. The molecule has 4 N–H and O–H groups in total. The second-order valence-electron chi connectivity index (χ2n) is 14.2. The van der Waals surface area contributed by atoms with E-state index in [-0.39, 0.29) is 48.8 Å². The third-order valence-electron chi connectivity index (χ3n) is 11.4. The van der Waals surface area contributed by atoms with Crippen molar-refractivity contribution in [2.24, 2.45) is 23.2 Å². The first-order chi connectivity index (χ1) is 23.1. The number of hydrogen-bond donors (Lipinski definition) is 4. The number of nitrogens with one attached hydrogen (secondary N) is 1. The van der Waals surface area contributed by atoms with E-state index in [9.17, 15) is 29.7 Å². The number of fused-ring (bicyclic) bond motifs is 6. The summed E-state index contributed by atoms with van der Waals surface area (Å²) in [6, 6.07) is 10.8. The Kier molecular flexibility index (Phi) is 8.33. The molecule has 1 aromatic heterocycles. The molecular weight excluding hydrogens is 616 g/mol. The number of carbonyl (C=O) groups is 2. The summed E-state index contributed by atoms with van der Waals surface area (Å²) in [5.74, 6) is -0.0603. The molecule has 5 aliphatic rings. The lowest BCUT2D eigenvalue weighted by atomic mass is 9.45. The lowest BCUT2D eigenvalue weighted by Crippen LogP contribution is -2.60. The molecule has 254 valence electrons. The van der Waals surface area contributed by atoms with Gasteiger partial charge in [0.1, 0.15) is 23.4 Å². The highest BCUT2D eigenvalue weighted by molar-refractivity contribution is 5.98. The third-order valence-corrected chi connectivity index (χ3v) is 11.4. The molecule has 8 rings (SSSR count). The summed E-state index contributed by atoms with van der Waals surface area (Å²) < 4.78 is 17.5. The van der Waals surface area contributed by atoms with Crippen molar-refractivity contribution in [3.63, 3.8) is 0 Å². The van der Waals surface area contributed by atoms with Gasteiger partial charge in [0.25, 0.3) is 5.91 Å². The predicted octanol–water partition coefficient (Wildman–Crippen LogP) is 3.13. The number of ether oxygens (including phenoxy) is 2. The molecule has 0 spiro atoms. The highest BCUT2D eigenvalue weighted by Crippen LogP contribution is 2.61. The van der Waals surface area contributed by atoms with Gasteiger partial charge in [-0.25, -0.2) is 4.79 Å². The minimum absolute atomic E-state index is 0.00468. The van der Waals surface area contributed by atoms with Gasteiger partial charge in [0.15, 0.2) is 11.5 Å². The maximum absolute atomic E-state index is 14.7. The van der Waals surface area contributed by atoms with Gasteiger partial charge in [0, 0.05) is 29.6 Å². The molecule has 3 fully saturated rings. The van der Waals surface area contributed by atoms with Crippen molar-refractivity contribution < 1.29 is 38.8 Å². The average molecular weight is 659 g/mol. The van der Waals surface area contributed by atoms with Crippen molar-refractivity contribution in [1.82, 2.24) is 10.2 Å². The molecule has 4 aliphatic carbocycles. The van der Waals surface area contributed by atoms with Crippen LogP contribution in [0.1, 0.15) is 60.5 Å². The van der Waals surface area contributed by atoms with Crippen LogP contribution in [0.4, 0.5) is 0 Å². The molecule has 2 aromatic carbocycles. The van der Waals surface area contributed by atoms with E-state index in [1.807, 2.05) is 0 Å². The Balaban J connectivity index is 1.35. The minimum Gasteiger partial charge on any atom is -0.493 e. The molecule has 0 unspecified atom stereocenters. The molecule has 0 saturated heterocycles. The van der Waals surface area contributed by atoms with Gasteiger partial charge in [-0.3, -0.25) is 9.59 Å². The van der Waals surface area contributed by atoms with Crippen LogP contribution in [0.15, 0.2) is 63.3 Å². The van der Waals surface area contributed by atoms with Crippen LogP contribution in [0.2, 0.25) is 0 Å². The second-order valence-corrected chi connectivity index (χ2v) is 14.2. The van der Waals surface area contributed by atoms with Crippen molar-refractivity contribution in [1.29, 1.82) is 0 Å². The molecule has 3 aromatic rings. The fraction of sp³-hybridized carbons (Fsp3) is 0.486. The Hall–Kier alpha value is -4.19. The van der Waals surface area contributed by atoms with Crippen LogP contribution < -0.4 is 20.4 Å². The minimum atomic E-state index is -1.30. The second kappa shape index (κ2) is 12.4. The normalized spacial score (nSPS) is 28.0. The SMILES string of the molecule is COc1cc(CO)cc2c1O[C@@H]1[C@@H](O)[C@H](N(C[C@@H]3CC[C@H]4C[C@@H]3C4(C)C)C(=O)c3cc4ccccc4oc3=O)C=C(C(=O)NCCO)[C@H]21. The molecule has 1 aliphatic heterocycles. The van der Waals surface area contributed by atoms with Crippen LogP contribution in [0.5, 0.6) is 11.5 Å². The standard InChI is InChI=1S/C37H42N2O9/c1-37(2)22-9-8-21(26(37)15-22)17-39(35(44)25-14-20-6-4-5-7-28(20)47-36(25)45)27-16-24(34(43)38-10-11-40)30-23-12-19(18-41)13-29(46-3)32(23)48-33(30)31(27)42/h4-7,12-14,16,21-22,26-27,30-31,33,40-42H,8-11,15,17-18H2,1-3H3,(H,38,43)/t21-,22-,26-,27+,30-,31-,33-/m0/s1. The van der Waals surface area contributed by atoms with Gasteiger partial charge in [-0.15, -0.1) is 0 Å². The Morgan fingerprint density at radius 2 is 1.92 bits per heavy atom. The smallest absolute Gasteiger partial charge is 0.349 e. The fourth-order valence-corrected chi connectivity index (χ4v) is 8.76. The molecule has 2 bridgehead atoms. The van der Waals surface area contributed by atoms with Crippen molar-refractivity contribution >= 4 is 22.8 Å². The summed E-state index contributed by atoms with van der Waals surface area (Å²) in [7, 11) is 1.47. The maximum atomic E-state index is 14.7. The lowest BCUT2D eigenvalue weighted by molar-refractivity contribution is -0.119. The number of nitrogens with zero attached hydrogens (tertiary/aromatic N) is 1. The van der Waals surface area contributed by atoms with Crippen LogP contribution in [0.3, 0.4) is 0 Å². The first kappa shape index (κ1) is 32.4. The first-order valence-corrected chi connectivity index (χ1v) is 16.7. The molecule has 2 heterocycles. The van der Waals surface area contributed by atoms with Crippen LogP contribution in [0.25, 0.3) is 11.0 Å². The van der Waals surface area contributed by atoms with Crippen molar-refractivity contribution in [3.05, 3.63) is 81.2 Å². The molecule has 48 heavy (non-hydrogen) atoms. The zero-order chi connectivity index (χ0) is 33.9. The highest BCUT2D eigenvalue weighted by Gasteiger charge is 2.56. The van der Waals surface area contributed by atoms with Gasteiger partial charge in [-0.2, -0.15) is 0 Å². The predicted molar refractivity (Wildman–Crippen MR) is 176 cm³/mol. The summed E-state index contributed by atoms with van der Waals surface area (Å²) in [6.07, 6.45) is 2.30. The van der Waals surface area contributed by atoms with E-state index >= 15 is 0 Å². The van der Waals surface area contributed by atoms with E-state index in [1.54, 1.807) is 42.5 Å². The van der Waals surface area contributed by atoms with Gasteiger partial charge >= 0.3 is 5.63 Å². The van der Waals surface area contributed by atoms with Crippen LogP contribution >= 0.6 is 0 Å². The average Bonchev–Trinajstić information content (AvgIpc) is 3.49. The van der Waals surface area contributed by atoms with Crippen molar-refractivity contribution in [2.45, 2.75) is 63.9 Å². The number of aliphatic hydroxyl groups excluding tert-OH is 3. The topological polar surface area (TPSA) is 159 Å². The van der Waals surface area contributed by atoms with Gasteiger partial charge < -0.3 is 39.4 Å². The van der Waals surface area contributed by atoms with Gasteiger partial charge in [0.2, 0.25) is 5.91 Å². The number of methoxy groups -OCH3 is 1. The lowest BCUT2D eigenvalue weighted by Gasteiger charge is -2.61. The Bertz CT molecular complexity index is 1850. The van der Waals surface area contributed by atoms with E-state index in [0.29, 0.717) is 45.4 Å². The zero-order valence-corrected chi connectivity index (χ0v) is 27.3. The van der Waals surface area contributed by atoms with Crippen LogP contribution in [0, 0.1) is 23.2 Å². The summed E-state index contributed by atoms with van der Waals surface area (Å²) in [5, 5.41) is 35.0. The molecular formula is C37H42N2O9. The summed E-state index contributed by atoms with van der Waals surface area (Å²) in [5.41, 5.74) is 0.879. The van der Waals surface area contributed by atoms with Crippen molar-refractivity contribution in [2.75, 3.05) is 26.8 Å². The monoisotopic (exact) mass is 658 g/mol. The highest BCUT2D eigenvalue weighted by atomic mass is 16.5. The quantitative estimate of drug-likeness (QED) is 0.254. The molecule has 3 saturated carbocycles. The molecule has 11 nitrogen and oxygen atoms in total. The molecule has 11 heteroatoms. The van der Waals surface area contributed by atoms with Crippen molar-refractivity contribution in [3.8, 4) is 11.5 Å². The Morgan fingerprint density at radius 1 is 1.12 bits per heavy atom. The summed E-state index contributed by atoms with van der Waals surface area (Å²) in [6.45, 7) is 4.23. The van der Waals surface area contributed by atoms with Crippen LogP contribution in [-0.2, 0) is 11.4 Å². The maximum Gasteiger partial charge on any atom is 0.349 e. The largest absolute Gasteiger partial charge is 0.493 e. The van der Waals surface area contributed by atoms with E-state index in [1.165, 1.54) is 18.1 Å². The number of para-hydroxylation sites is 1. The Morgan fingerprint density at radius 3 is 2.62 bits per heavy atom. The third kappa shape index (κ3) is 5.19. The van der Waals surface area contributed by atoms with Gasteiger partial charge in [-0.1, -0.05) is 32.0 Å². The summed E-state index contributed by atoms with van der Waals surface area (Å²) in [4.78, 5) is 43.3. The first-order valence-electron chi connectivity index (χ1n) is 16.7. The number of amides is 2. The number of aliphatic hydroxyl groups is 3. The fourth-order valence-electron chi connectivity index (χ4n) is 8.76. The van der Waals surface area contributed by atoms with E-state index in [4.69, 9.17) is 13.9 Å². The van der Waals surface area contributed by atoms with Crippen LogP contribution in [-0.4, -0.2) is 77.1 Å². The van der Waals surface area contributed by atoms with E-state index in [2.05, 4.69) is 19.2 Å². The molecule has 2 amide bonds. The van der Waals surface area contributed by atoms with E-state index < -0.39 is 41.6 Å². The molecule has 0 radical (unpaired) electrons. The van der Waals surface area contributed by atoms with Gasteiger partial charge in [0.05, 0.1) is 32.3 Å². The van der Waals surface area contributed by atoms with Gasteiger partial charge in [-0.05, 0) is 78.3 Å². The number of hydrogen-bond acceptors (Lipinski definition) is 9. The summed E-state index contributed by atoms with van der Waals surface area (Å²) >= 11 is 0. The zero-order valence-electron chi connectivity index (χ0n) is 27.3. The number of benzene rings is 2.